The van der Waals surface area contributed by atoms with Crippen LogP contribution in [0.15, 0.2) is 15.3 Å². The second-order valence-electron chi connectivity index (χ2n) is 8.34. The fraction of sp³-hybridized carbons (Fsp3) is 0.632. The van der Waals surface area contributed by atoms with Crippen LogP contribution in [0.3, 0.4) is 0 Å². The van der Waals surface area contributed by atoms with E-state index in [-0.39, 0.29) is 30.0 Å². The molecule has 2 aromatic rings. The second-order valence-corrected chi connectivity index (χ2v) is 8.34. The van der Waals surface area contributed by atoms with Gasteiger partial charge in [0.15, 0.2) is 5.58 Å². The fourth-order valence-corrected chi connectivity index (χ4v) is 3.69. The molecule has 7 heteroatoms. The van der Waals surface area contributed by atoms with E-state index < -0.39 is 5.60 Å². The van der Waals surface area contributed by atoms with E-state index in [1.165, 1.54) is 4.68 Å². The quantitative estimate of drug-likeness (QED) is 0.851. The van der Waals surface area contributed by atoms with Crippen molar-refractivity contribution in [2.24, 2.45) is 0 Å². The number of aromatic nitrogens is 2. The lowest BCUT2D eigenvalue weighted by Gasteiger charge is -2.41. The summed E-state index contributed by atoms with van der Waals surface area (Å²) in [6, 6.07) is 1.78. The molecule has 0 atom stereocenters. The first-order valence-electron chi connectivity index (χ1n) is 9.30. The van der Waals surface area contributed by atoms with E-state index in [1.54, 1.807) is 6.92 Å². The number of aliphatic hydroxyl groups is 1. The molecule has 2 aliphatic carbocycles. The van der Waals surface area contributed by atoms with Crippen molar-refractivity contribution in [1.82, 2.24) is 15.1 Å². The number of hydrogen-bond donors (Lipinski definition) is 2. The Bertz CT molecular complexity index is 913. The van der Waals surface area contributed by atoms with Gasteiger partial charge in [-0.1, -0.05) is 13.8 Å². The van der Waals surface area contributed by atoms with Crippen LogP contribution >= 0.6 is 0 Å². The Balaban J connectivity index is 1.61. The molecule has 0 aromatic carbocycles. The maximum absolute atomic E-state index is 12.8. The van der Waals surface area contributed by atoms with Crippen LogP contribution in [0.1, 0.15) is 69.7 Å². The van der Waals surface area contributed by atoms with E-state index in [9.17, 15) is 14.7 Å². The molecule has 7 nitrogen and oxygen atoms in total. The number of nitrogens with one attached hydrogen (secondary N) is 1. The highest BCUT2D eigenvalue weighted by molar-refractivity contribution is 5.80. The summed E-state index contributed by atoms with van der Waals surface area (Å²) in [7, 11) is 0. The summed E-state index contributed by atoms with van der Waals surface area (Å²) in [5, 5.41) is 17.5. The van der Waals surface area contributed by atoms with Crippen LogP contribution in [0.2, 0.25) is 0 Å². The molecule has 2 N–H and O–H groups in total. The largest absolute Gasteiger partial charge is 0.459 e. The minimum atomic E-state index is -0.702. The van der Waals surface area contributed by atoms with Crippen LogP contribution < -0.4 is 10.9 Å². The van der Waals surface area contributed by atoms with Crippen LogP contribution in [0.5, 0.6) is 0 Å². The highest BCUT2D eigenvalue weighted by atomic mass is 16.3. The third-order valence-electron chi connectivity index (χ3n) is 5.23. The van der Waals surface area contributed by atoms with Gasteiger partial charge in [0, 0.05) is 17.9 Å². The maximum Gasteiger partial charge on any atom is 0.278 e. The standard InChI is InChI=1S/C19H25N3O4/c1-10(2)16-17-13(6-14(26-17)11-4-5-11)18(24)22(21-16)9-15(23)20-12-7-19(3,25)8-12/h6,10-12,25H,4-5,7-9H2,1-3H3,(H,20,23)/t12-,19+. The predicted molar refractivity (Wildman–Crippen MR) is 96.1 cm³/mol. The van der Waals surface area contributed by atoms with Crippen molar-refractivity contribution in [3.05, 3.63) is 27.9 Å². The lowest BCUT2D eigenvalue weighted by atomic mass is 9.77. The van der Waals surface area contributed by atoms with E-state index in [0.717, 1.165) is 18.6 Å². The van der Waals surface area contributed by atoms with Crippen LogP contribution in [-0.4, -0.2) is 32.4 Å². The molecular weight excluding hydrogens is 334 g/mol. The highest BCUT2D eigenvalue weighted by Crippen LogP contribution is 2.42. The van der Waals surface area contributed by atoms with Crippen molar-refractivity contribution in [3.8, 4) is 0 Å². The Hall–Kier alpha value is -2.15. The molecule has 0 radical (unpaired) electrons. The Labute approximate surface area is 151 Å². The van der Waals surface area contributed by atoms with Gasteiger partial charge in [-0.2, -0.15) is 5.10 Å². The first-order chi connectivity index (χ1) is 12.2. The molecule has 0 aliphatic heterocycles. The van der Waals surface area contributed by atoms with Crippen LogP contribution in [0.25, 0.3) is 11.0 Å². The van der Waals surface area contributed by atoms with Gasteiger partial charge in [0.1, 0.15) is 18.0 Å². The highest BCUT2D eigenvalue weighted by Gasteiger charge is 2.39. The number of carbonyl (C=O) groups excluding carboxylic acids is 1. The molecule has 2 heterocycles. The van der Waals surface area contributed by atoms with E-state index in [4.69, 9.17) is 4.42 Å². The summed E-state index contributed by atoms with van der Waals surface area (Å²) in [4.78, 5) is 25.1. The Morgan fingerprint density at radius 1 is 1.46 bits per heavy atom. The summed E-state index contributed by atoms with van der Waals surface area (Å²) in [5.74, 6) is 1.07. The average molecular weight is 359 g/mol. The van der Waals surface area contributed by atoms with Gasteiger partial charge in [0.25, 0.3) is 5.56 Å². The van der Waals surface area contributed by atoms with Crippen LogP contribution in [-0.2, 0) is 11.3 Å². The average Bonchev–Trinajstić information content (AvgIpc) is 3.27. The molecule has 0 unspecified atom stereocenters. The first-order valence-corrected chi connectivity index (χ1v) is 9.30. The minimum Gasteiger partial charge on any atom is -0.459 e. The third-order valence-corrected chi connectivity index (χ3v) is 5.23. The first kappa shape index (κ1) is 17.3. The second kappa shape index (κ2) is 5.94. The lowest BCUT2D eigenvalue weighted by Crippen LogP contribution is -2.54. The zero-order chi connectivity index (χ0) is 18.6. The molecule has 2 aromatic heterocycles. The van der Waals surface area contributed by atoms with E-state index >= 15 is 0 Å². The van der Waals surface area contributed by atoms with E-state index in [2.05, 4.69) is 10.4 Å². The molecule has 0 saturated heterocycles. The SMILES string of the molecule is CC(C)c1nn(CC(=O)N[C@H]2C[C@@](C)(O)C2)c(=O)c2cc(C3CC3)oc12. The van der Waals surface area contributed by atoms with Crippen molar-refractivity contribution in [3.63, 3.8) is 0 Å². The predicted octanol–water partition coefficient (Wildman–Crippen LogP) is 2.02. The fourth-order valence-electron chi connectivity index (χ4n) is 3.69. The summed E-state index contributed by atoms with van der Waals surface area (Å²) in [5.41, 5.74) is 0.257. The number of fused-ring (bicyclic) bond motifs is 1. The Kier molecular flexibility index (Phi) is 3.95. The summed E-state index contributed by atoms with van der Waals surface area (Å²) in [6.07, 6.45) is 3.24. The third kappa shape index (κ3) is 3.16. The number of furan rings is 1. The van der Waals surface area contributed by atoms with Crippen LogP contribution in [0, 0.1) is 0 Å². The zero-order valence-corrected chi connectivity index (χ0v) is 15.4. The summed E-state index contributed by atoms with van der Waals surface area (Å²) >= 11 is 0. The Morgan fingerprint density at radius 3 is 2.73 bits per heavy atom. The topological polar surface area (TPSA) is 97.4 Å². The van der Waals surface area contributed by atoms with Crippen molar-refractivity contribution in [2.75, 3.05) is 0 Å². The van der Waals surface area contributed by atoms with Gasteiger partial charge >= 0.3 is 0 Å². The van der Waals surface area contributed by atoms with Gasteiger partial charge in [-0.25, -0.2) is 4.68 Å². The zero-order valence-electron chi connectivity index (χ0n) is 15.4. The molecule has 0 spiro atoms. The molecule has 2 saturated carbocycles. The minimum absolute atomic E-state index is 0.0445. The van der Waals surface area contributed by atoms with Gasteiger partial charge in [0.2, 0.25) is 5.91 Å². The molecule has 0 bridgehead atoms. The molecule has 4 rings (SSSR count). The van der Waals surface area contributed by atoms with E-state index in [0.29, 0.717) is 35.4 Å². The summed E-state index contributed by atoms with van der Waals surface area (Å²) < 4.78 is 7.17. The van der Waals surface area contributed by atoms with Crippen molar-refractivity contribution >= 4 is 16.9 Å². The van der Waals surface area contributed by atoms with Crippen molar-refractivity contribution in [1.29, 1.82) is 0 Å². The van der Waals surface area contributed by atoms with Gasteiger partial charge < -0.3 is 14.8 Å². The van der Waals surface area contributed by atoms with E-state index in [1.807, 2.05) is 19.9 Å². The van der Waals surface area contributed by atoms with Crippen LogP contribution in [0.4, 0.5) is 0 Å². The smallest absolute Gasteiger partial charge is 0.278 e. The molecule has 26 heavy (non-hydrogen) atoms. The van der Waals surface area contributed by atoms with Crippen molar-refractivity contribution in [2.45, 2.75) is 76.5 Å². The number of amides is 1. The molecule has 140 valence electrons. The number of nitrogens with zero attached hydrogens (tertiary/aromatic N) is 2. The molecular formula is C19H25N3O4. The van der Waals surface area contributed by atoms with Gasteiger partial charge in [-0.3, -0.25) is 9.59 Å². The molecule has 1 amide bonds. The van der Waals surface area contributed by atoms with Gasteiger partial charge in [-0.15, -0.1) is 0 Å². The normalized spacial score (nSPS) is 25.5. The summed E-state index contributed by atoms with van der Waals surface area (Å²) in [6.45, 7) is 5.61. The number of carbonyl (C=O) groups is 1. The van der Waals surface area contributed by atoms with Crippen molar-refractivity contribution < 1.29 is 14.3 Å². The Morgan fingerprint density at radius 2 is 2.15 bits per heavy atom. The number of rotatable bonds is 5. The lowest BCUT2D eigenvalue weighted by molar-refractivity contribution is -0.125. The molecule has 2 fully saturated rings. The monoisotopic (exact) mass is 359 g/mol. The maximum atomic E-state index is 12.8. The molecule has 2 aliphatic rings. The van der Waals surface area contributed by atoms with Gasteiger partial charge in [0.05, 0.1) is 11.0 Å². The number of hydrogen-bond acceptors (Lipinski definition) is 5. The van der Waals surface area contributed by atoms with Gasteiger partial charge in [-0.05, 0) is 38.7 Å².